The topological polar surface area (TPSA) is 69.6 Å². The Kier molecular flexibility index (Phi) is 8.47. The number of rotatable bonds is 9. The van der Waals surface area contributed by atoms with Crippen LogP contribution in [0.4, 0.5) is 4.79 Å². The van der Waals surface area contributed by atoms with Crippen LogP contribution in [-0.2, 0) is 13.1 Å². The lowest BCUT2D eigenvalue weighted by Crippen LogP contribution is -2.44. The lowest BCUT2D eigenvalue weighted by molar-refractivity contribution is 0.152. The largest absolute Gasteiger partial charge is 0.338 e. The van der Waals surface area contributed by atoms with Crippen molar-refractivity contribution < 1.29 is 4.79 Å². The van der Waals surface area contributed by atoms with E-state index in [1.54, 1.807) is 22.9 Å². The lowest BCUT2D eigenvalue weighted by Gasteiger charge is -2.32. The number of likely N-dealkylation sites (N-methyl/N-ethyl adjacent to an activating group) is 1. The fourth-order valence-electron chi connectivity index (χ4n) is 3.53. The van der Waals surface area contributed by atoms with E-state index >= 15 is 0 Å². The van der Waals surface area contributed by atoms with Crippen molar-refractivity contribution >= 4 is 6.03 Å². The average Bonchev–Trinajstić information content (AvgIpc) is 2.76. The minimum atomic E-state index is -0.130. The Morgan fingerprint density at radius 1 is 0.933 bits per heavy atom. The molecular formula is C23H33N5O2. The summed E-state index contributed by atoms with van der Waals surface area (Å²) in [4.78, 5) is 28.6. The molecule has 2 amide bonds. The summed E-state index contributed by atoms with van der Waals surface area (Å²) in [6.07, 6.45) is 3.89. The van der Waals surface area contributed by atoms with Crippen LogP contribution in [0.2, 0.25) is 0 Å². The number of nitrogens with zero attached hydrogens (tertiary/aromatic N) is 3. The molecule has 0 spiro atoms. The van der Waals surface area contributed by atoms with Gasteiger partial charge in [0.25, 0.3) is 5.56 Å². The van der Waals surface area contributed by atoms with E-state index in [0.717, 1.165) is 56.7 Å². The number of carbonyl (C=O) groups excluding carboxylic acids is 1. The van der Waals surface area contributed by atoms with Gasteiger partial charge >= 0.3 is 6.03 Å². The molecule has 0 radical (unpaired) electrons. The van der Waals surface area contributed by atoms with E-state index in [-0.39, 0.29) is 11.6 Å². The van der Waals surface area contributed by atoms with Gasteiger partial charge in [0.2, 0.25) is 0 Å². The molecular weight excluding hydrogens is 378 g/mol. The zero-order chi connectivity index (χ0) is 21.2. The molecule has 1 aliphatic heterocycles. The summed E-state index contributed by atoms with van der Waals surface area (Å²) >= 11 is 0. The second kappa shape index (κ2) is 11.5. The second-order valence-electron chi connectivity index (χ2n) is 7.94. The summed E-state index contributed by atoms with van der Waals surface area (Å²) in [6.45, 7) is 7.42. The average molecular weight is 412 g/mol. The third-order valence-electron chi connectivity index (χ3n) is 5.51. The summed E-state index contributed by atoms with van der Waals surface area (Å²) < 4.78 is 1.67. The predicted molar refractivity (Wildman–Crippen MR) is 120 cm³/mol. The predicted octanol–water partition coefficient (Wildman–Crippen LogP) is 1.72. The normalized spacial score (nSPS) is 15.1. The molecule has 1 aliphatic rings. The first-order chi connectivity index (χ1) is 14.6. The summed E-state index contributed by atoms with van der Waals surface area (Å²) in [6, 6.07) is 13.0. The van der Waals surface area contributed by atoms with Crippen LogP contribution in [0.25, 0.3) is 0 Å². The number of nitrogens with one attached hydrogen (secondary N) is 2. The van der Waals surface area contributed by atoms with E-state index in [9.17, 15) is 9.59 Å². The van der Waals surface area contributed by atoms with Crippen molar-refractivity contribution in [2.24, 2.45) is 0 Å². The van der Waals surface area contributed by atoms with E-state index in [2.05, 4.69) is 27.5 Å². The van der Waals surface area contributed by atoms with Gasteiger partial charge in [-0.2, -0.15) is 0 Å². The Bertz CT molecular complexity index is 841. The molecule has 0 saturated carbocycles. The molecule has 0 aliphatic carbocycles. The van der Waals surface area contributed by atoms with Crippen LogP contribution in [0.1, 0.15) is 24.0 Å². The highest BCUT2D eigenvalue weighted by Gasteiger charge is 2.12. The number of benzene rings is 1. The molecule has 7 heteroatoms. The van der Waals surface area contributed by atoms with Crippen LogP contribution < -0.4 is 16.2 Å². The van der Waals surface area contributed by atoms with E-state index in [1.165, 1.54) is 0 Å². The molecule has 1 saturated heterocycles. The molecule has 2 aromatic rings. The molecule has 1 fully saturated rings. The minimum absolute atomic E-state index is 0.0107. The van der Waals surface area contributed by atoms with Gasteiger partial charge in [-0.3, -0.25) is 4.79 Å². The molecule has 1 aromatic heterocycles. The van der Waals surface area contributed by atoms with Gasteiger partial charge in [-0.15, -0.1) is 0 Å². The monoisotopic (exact) mass is 411 g/mol. The van der Waals surface area contributed by atoms with Gasteiger partial charge < -0.3 is 25.0 Å². The van der Waals surface area contributed by atoms with Gasteiger partial charge in [0.1, 0.15) is 0 Å². The highest BCUT2D eigenvalue weighted by molar-refractivity contribution is 5.73. The molecule has 162 valence electrons. The summed E-state index contributed by atoms with van der Waals surface area (Å²) in [5, 5.41) is 5.83. The fraction of sp³-hybridized carbons (Fsp3) is 0.478. The lowest BCUT2D eigenvalue weighted by atomic mass is 10.1. The number of amides is 2. The van der Waals surface area contributed by atoms with Gasteiger partial charge in [0.05, 0.1) is 6.54 Å². The number of carbonyl (C=O) groups is 1. The van der Waals surface area contributed by atoms with Crippen LogP contribution in [0.15, 0.2) is 53.5 Å². The molecule has 30 heavy (non-hydrogen) atoms. The highest BCUT2D eigenvalue weighted by atomic mass is 16.2. The summed E-state index contributed by atoms with van der Waals surface area (Å²) in [7, 11) is 2.17. The molecule has 2 N–H and O–H groups in total. The molecule has 0 atom stereocenters. The number of hydrogen-bond donors (Lipinski definition) is 2. The zero-order valence-electron chi connectivity index (χ0n) is 17.8. The smallest absolute Gasteiger partial charge is 0.315 e. The molecule has 2 heterocycles. The Labute approximate surface area is 178 Å². The van der Waals surface area contributed by atoms with E-state index in [1.807, 2.05) is 30.3 Å². The van der Waals surface area contributed by atoms with Crippen molar-refractivity contribution in [2.45, 2.75) is 25.9 Å². The van der Waals surface area contributed by atoms with Gasteiger partial charge in [-0.1, -0.05) is 30.3 Å². The highest BCUT2D eigenvalue weighted by Crippen LogP contribution is 2.06. The van der Waals surface area contributed by atoms with E-state index < -0.39 is 0 Å². The SMILES string of the molecule is CN1CCN(CCCCNC(=O)NCc2ccc(Cn3ccccc3=O)cc2)CC1. The molecule has 0 unspecified atom stereocenters. The van der Waals surface area contributed by atoms with Crippen molar-refractivity contribution in [1.29, 1.82) is 0 Å². The molecule has 7 nitrogen and oxygen atoms in total. The van der Waals surface area contributed by atoms with Crippen LogP contribution in [0.3, 0.4) is 0 Å². The molecule has 1 aromatic carbocycles. The fourth-order valence-corrected chi connectivity index (χ4v) is 3.53. The van der Waals surface area contributed by atoms with E-state index in [4.69, 9.17) is 0 Å². The minimum Gasteiger partial charge on any atom is -0.338 e. The standard InChI is InChI=1S/C23H33N5O2/c1-26-14-16-27(17-15-26)12-5-3-11-24-23(30)25-18-20-7-9-21(10-8-20)19-28-13-4-2-6-22(28)29/h2,4,6-10,13H,3,5,11-12,14-19H2,1H3,(H2,24,25,30). The quantitative estimate of drug-likeness (QED) is 0.617. The Hall–Kier alpha value is -2.64. The number of piperazine rings is 1. The van der Waals surface area contributed by atoms with Crippen molar-refractivity contribution in [3.63, 3.8) is 0 Å². The maximum Gasteiger partial charge on any atom is 0.315 e. The van der Waals surface area contributed by atoms with Gasteiger partial charge in [0, 0.05) is 51.5 Å². The van der Waals surface area contributed by atoms with Crippen molar-refractivity contribution in [1.82, 2.24) is 25.0 Å². The van der Waals surface area contributed by atoms with Crippen molar-refractivity contribution in [3.8, 4) is 0 Å². The Morgan fingerprint density at radius 3 is 2.40 bits per heavy atom. The van der Waals surface area contributed by atoms with Crippen LogP contribution >= 0.6 is 0 Å². The first-order valence-electron chi connectivity index (χ1n) is 10.8. The number of aromatic nitrogens is 1. The number of hydrogen-bond acceptors (Lipinski definition) is 4. The number of urea groups is 1. The van der Waals surface area contributed by atoms with Crippen LogP contribution in [0, 0.1) is 0 Å². The maximum atomic E-state index is 12.0. The molecule has 3 rings (SSSR count). The first kappa shape index (κ1) is 22.1. The number of pyridine rings is 1. The molecule has 0 bridgehead atoms. The van der Waals surface area contributed by atoms with Crippen molar-refractivity contribution in [2.75, 3.05) is 46.3 Å². The third-order valence-corrected chi connectivity index (χ3v) is 5.51. The first-order valence-corrected chi connectivity index (χ1v) is 10.8. The third kappa shape index (κ3) is 7.31. The van der Waals surface area contributed by atoms with Gasteiger partial charge in [-0.05, 0) is 43.6 Å². The maximum absolute atomic E-state index is 12.0. The van der Waals surface area contributed by atoms with Gasteiger partial charge in [0.15, 0.2) is 0 Å². The zero-order valence-corrected chi connectivity index (χ0v) is 17.8. The van der Waals surface area contributed by atoms with Crippen LogP contribution in [0.5, 0.6) is 0 Å². The van der Waals surface area contributed by atoms with Crippen LogP contribution in [-0.4, -0.2) is 66.7 Å². The number of unbranched alkanes of at least 4 members (excludes halogenated alkanes) is 1. The summed E-state index contributed by atoms with van der Waals surface area (Å²) in [5.41, 5.74) is 2.07. The van der Waals surface area contributed by atoms with Crippen molar-refractivity contribution in [3.05, 3.63) is 70.1 Å². The Morgan fingerprint density at radius 2 is 1.67 bits per heavy atom. The van der Waals surface area contributed by atoms with E-state index in [0.29, 0.717) is 19.6 Å². The second-order valence-corrected chi connectivity index (χ2v) is 7.94. The summed E-state index contributed by atoms with van der Waals surface area (Å²) in [5.74, 6) is 0. The Balaban J connectivity index is 1.29. The van der Waals surface area contributed by atoms with Gasteiger partial charge in [-0.25, -0.2) is 4.79 Å².